The normalized spacial score (nSPS) is 23.9. The monoisotopic (exact) mass is 623 g/mol. The molecule has 3 fully saturated rings. The van der Waals surface area contributed by atoms with Crippen LogP contribution in [0.25, 0.3) is 0 Å². The minimum absolute atomic E-state index is 0.113. The summed E-state index contributed by atoms with van der Waals surface area (Å²) in [4.78, 5) is 19.2. The van der Waals surface area contributed by atoms with Gasteiger partial charge in [-0.25, -0.2) is 4.98 Å². The lowest BCUT2D eigenvalue weighted by Gasteiger charge is -2.60. The van der Waals surface area contributed by atoms with E-state index in [0.29, 0.717) is 37.6 Å². The molecule has 3 aliphatic carbocycles. The highest BCUT2D eigenvalue weighted by Crippen LogP contribution is 2.56. The summed E-state index contributed by atoms with van der Waals surface area (Å²) >= 11 is 0. The molecule has 4 aromatic rings. The third-order valence-electron chi connectivity index (χ3n) is 10.4. The Hall–Kier alpha value is -4.65. The highest BCUT2D eigenvalue weighted by atomic mass is 16.3. The number of nitrogens with one attached hydrogen (secondary N) is 3. The molecule has 12 heteroatoms. The van der Waals surface area contributed by atoms with Gasteiger partial charge in [-0.15, -0.1) is 5.53 Å². The van der Waals surface area contributed by atoms with Crippen LogP contribution in [0.1, 0.15) is 66.8 Å². The summed E-state index contributed by atoms with van der Waals surface area (Å²) in [6.07, 6.45) is 6.09. The number of carbonyl (C=O) groups excluding carboxylic acids is 1. The fraction of sp³-hybridized carbons (Fsp3) is 0.382. The predicted molar refractivity (Wildman–Crippen MR) is 176 cm³/mol. The van der Waals surface area contributed by atoms with Gasteiger partial charge in [-0.05, 0) is 79.5 Å². The van der Waals surface area contributed by atoms with Crippen molar-refractivity contribution in [3.63, 3.8) is 0 Å². The minimum atomic E-state index is -0.513. The van der Waals surface area contributed by atoms with E-state index >= 15 is 0 Å². The number of hydrazine groups is 2. The van der Waals surface area contributed by atoms with Crippen molar-refractivity contribution in [3.05, 3.63) is 95.3 Å². The summed E-state index contributed by atoms with van der Waals surface area (Å²) in [7, 11) is 0. The van der Waals surface area contributed by atoms with Crippen molar-refractivity contribution in [1.29, 1.82) is 0 Å². The molecule has 0 spiro atoms. The van der Waals surface area contributed by atoms with Gasteiger partial charge in [0.2, 0.25) is 5.91 Å². The second-order valence-corrected chi connectivity index (χ2v) is 13.0. The Balaban J connectivity index is 1.18. The molecule has 2 bridgehead atoms. The van der Waals surface area contributed by atoms with Crippen LogP contribution < -0.4 is 27.9 Å². The lowest BCUT2D eigenvalue weighted by molar-refractivity contribution is -0.129. The Kier molecular flexibility index (Phi) is 7.79. The van der Waals surface area contributed by atoms with Crippen molar-refractivity contribution in [2.24, 2.45) is 5.73 Å². The maximum atomic E-state index is 12.5. The van der Waals surface area contributed by atoms with E-state index in [0.717, 1.165) is 48.2 Å². The number of nitrogen functional groups attached to an aromatic ring is 1. The number of fused-ring (bicyclic) bond motifs is 4. The van der Waals surface area contributed by atoms with Gasteiger partial charge >= 0.3 is 0 Å². The number of hydrogen-bond acceptors (Lipinski definition) is 10. The Bertz CT molecular complexity index is 1720. The number of rotatable bonds is 11. The molecule has 1 unspecified atom stereocenters. The number of aromatic nitrogens is 3. The first-order valence-corrected chi connectivity index (χ1v) is 15.9. The maximum absolute atomic E-state index is 12.5. The predicted octanol–water partition coefficient (Wildman–Crippen LogP) is 3.20. The number of amides is 1. The van der Waals surface area contributed by atoms with Gasteiger partial charge in [0, 0.05) is 29.6 Å². The van der Waals surface area contributed by atoms with E-state index < -0.39 is 6.10 Å². The first kappa shape index (κ1) is 30.0. The van der Waals surface area contributed by atoms with Gasteiger partial charge in [-0.3, -0.25) is 19.8 Å². The number of pyridine rings is 1. The third-order valence-corrected chi connectivity index (χ3v) is 10.4. The number of carbonyl (C=O) groups is 1. The van der Waals surface area contributed by atoms with E-state index in [4.69, 9.17) is 16.6 Å². The number of aliphatic hydroxyl groups is 1. The largest absolute Gasteiger partial charge is 0.508 e. The summed E-state index contributed by atoms with van der Waals surface area (Å²) in [5, 5.41) is 26.6. The van der Waals surface area contributed by atoms with E-state index in [1.807, 2.05) is 53.3 Å². The SMILES string of the molecule is NC(=O)CN(CCC(c1ccn(Cc2cccc(O)c2)n1)c1cc(N)nc2c1NNN2)C12CCC(c3ccccc3)(CC1)[C@H](O)C2. The average Bonchev–Trinajstić information content (AvgIpc) is 3.71. The molecule has 2 aromatic carbocycles. The van der Waals surface area contributed by atoms with Crippen LogP contribution in [0.3, 0.4) is 0 Å². The van der Waals surface area contributed by atoms with Gasteiger partial charge in [0.25, 0.3) is 0 Å². The van der Waals surface area contributed by atoms with Crippen LogP contribution in [-0.4, -0.2) is 60.5 Å². The van der Waals surface area contributed by atoms with Gasteiger partial charge in [-0.2, -0.15) is 5.10 Å². The van der Waals surface area contributed by atoms with Crippen LogP contribution in [0.5, 0.6) is 5.75 Å². The number of aliphatic hydroxyl groups excluding tert-OH is 1. The lowest BCUT2D eigenvalue weighted by atomic mass is 9.53. The summed E-state index contributed by atoms with van der Waals surface area (Å²) in [6.45, 7) is 1.18. The van der Waals surface area contributed by atoms with Crippen LogP contribution >= 0.6 is 0 Å². The zero-order chi connectivity index (χ0) is 31.9. The van der Waals surface area contributed by atoms with E-state index in [1.54, 1.807) is 12.1 Å². The quantitative estimate of drug-likeness (QED) is 0.131. The molecule has 240 valence electrons. The van der Waals surface area contributed by atoms with Crippen LogP contribution in [0.15, 0.2) is 72.9 Å². The van der Waals surface area contributed by atoms with Crippen molar-refractivity contribution in [3.8, 4) is 5.75 Å². The van der Waals surface area contributed by atoms with Crippen molar-refractivity contribution in [2.75, 3.05) is 29.7 Å². The van der Waals surface area contributed by atoms with Gasteiger partial charge in [0.15, 0.2) is 5.82 Å². The van der Waals surface area contributed by atoms with E-state index in [2.05, 4.69) is 38.4 Å². The first-order chi connectivity index (χ1) is 22.2. The fourth-order valence-corrected chi connectivity index (χ4v) is 8.10. The average molecular weight is 624 g/mol. The summed E-state index contributed by atoms with van der Waals surface area (Å²) in [5.74, 6) is 0.605. The van der Waals surface area contributed by atoms with Crippen LogP contribution in [0, 0.1) is 0 Å². The summed E-state index contributed by atoms with van der Waals surface area (Å²) < 4.78 is 1.85. The highest BCUT2D eigenvalue weighted by Gasteiger charge is 2.56. The number of hydrogen-bond donors (Lipinski definition) is 7. The Morgan fingerprint density at radius 3 is 2.61 bits per heavy atom. The number of phenols is 1. The molecule has 4 aliphatic rings. The van der Waals surface area contributed by atoms with Gasteiger partial charge in [0.1, 0.15) is 11.6 Å². The number of primary amides is 1. The van der Waals surface area contributed by atoms with Crippen LogP contribution in [-0.2, 0) is 16.8 Å². The Morgan fingerprint density at radius 1 is 1.07 bits per heavy atom. The smallest absolute Gasteiger partial charge is 0.231 e. The topological polar surface area (TPSA) is 180 Å². The summed E-state index contributed by atoms with van der Waals surface area (Å²) in [5.41, 5.74) is 25.3. The molecule has 0 radical (unpaired) electrons. The maximum Gasteiger partial charge on any atom is 0.231 e. The molecule has 3 saturated carbocycles. The van der Waals surface area contributed by atoms with Crippen molar-refractivity contribution >= 4 is 23.2 Å². The minimum Gasteiger partial charge on any atom is -0.508 e. The van der Waals surface area contributed by atoms with E-state index in [9.17, 15) is 15.0 Å². The zero-order valence-electron chi connectivity index (χ0n) is 25.7. The fourth-order valence-electron chi connectivity index (χ4n) is 8.10. The number of anilines is 3. The molecule has 12 nitrogen and oxygen atoms in total. The third kappa shape index (κ3) is 5.52. The molecule has 1 amide bonds. The van der Waals surface area contributed by atoms with E-state index in [-0.39, 0.29) is 35.1 Å². The van der Waals surface area contributed by atoms with Crippen LogP contribution in [0.2, 0.25) is 0 Å². The number of aromatic hydroxyl groups is 1. The zero-order valence-corrected chi connectivity index (χ0v) is 25.7. The molecule has 2 atom stereocenters. The molecule has 46 heavy (non-hydrogen) atoms. The molecule has 1 aliphatic heterocycles. The Labute approximate surface area is 267 Å². The molecule has 3 heterocycles. The van der Waals surface area contributed by atoms with Crippen molar-refractivity contribution in [2.45, 2.75) is 68.0 Å². The first-order valence-electron chi connectivity index (χ1n) is 15.9. The number of nitrogens with two attached hydrogens (primary N) is 2. The number of phenolic OH excluding ortho intramolecular Hbond substituents is 1. The second kappa shape index (κ2) is 11.9. The molecule has 0 saturated heterocycles. The van der Waals surface area contributed by atoms with Gasteiger partial charge in [0.05, 0.1) is 30.6 Å². The number of nitrogens with zero attached hydrogens (tertiary/aromatic N) is 4. The van der Waals surface area contributed by atoms with E-state index in [1.165, 1.54) is 5.56 Å². The van der Waals surface area contributed by atoms with Gasteiger partial charge in [-0.1, -0.05) is 42.5 Å². The van der Waals surface area contributed by atoms with Gasteiger partial charge < -0.3 is 27.1 Å². The standard InChI is InChI=1S/C34H41N9O3/c35-29-18-26(31-32(37-29)39-41-38-31)25(27-10-16-43(40-27)20-22-5-4-8-24(44)17-22)9-15-42(21-30(36)46)33-11-13-34(14-12-33,28(45)19-33)23-6-2-1-3-7-23/h1-8,10,16-18,25,28,38,41,44-45H,9,11-15,19-21H2,(H2,36,46)(H3,35,37,39)/t25?,28-,33?,34?/m1/s1. The lowest BCUT2D eigenvalue weighted by Crippen LogP contribution is -2.64. The summed E-state index contributed by atoms with van der Waals surface area (Å²) in [6, 6.07) is 21.4. The highest BCUT2D eigenvalue weighted by molar-refractivity contribution is 5.76. The Morgan fingerprint density at radius 2 is 1.87 bits per heavy atom. The molecular weight excluding hydrogens is 582 g/mol. The molecule has 2 aromatic heterocycles. The van der Waals surface area contributed by atoms with Crippen LogP contribution in [0.4, 0.5) is 17.3 Å². The number of benzene rings is 2. The molecule has 8 rings (SSSR count). The van der Waals surface area contributed by atoms with Crippen molar-refractivity contribution < 1.29 is 15.0 Å². The molecule has 9 N–H and O–H groups in total. The molecular formula is C34H41N9O3. The van der Waals surface area contributed by atoms with Crippen molar-refractivity contribution in [1.82, 2.24) is 25.2 Å². The second-order valence-electron chi connectivity index (χ2n) is 13.0.